The number of amides is 1. The number of piperidine rings is 1. The van der Waals surface area contributed by atoms with Gasteiger partial charge in [0.05, 0.1) is 11.2 Å². The molecule has 2 rings (SSSR count). The lowest BCUT2D eigenvalue weighted by Crippen LogP contribution is -2.45. The summed E-state index contributed by atoms with van der Waals surface area (Å²) in [5.41, 5.74) is 0.983. The van der Waals surface area contributed by atoms with Crippen LogP contribution in [-0.4, -0.2) is 34.6 Å². The summed E-state index contributed by atoms with van der Waals surface area (Å²) in [5, 5.41) is 9.90. The monoisotopic (exact) mass is 251 g/mol. The molecule has 0 aliphatic carbocycles. The van der Waals surface area contributed by atoms with Crippen LogP contribution in [0.25, 0.3) is 0 Å². The van der Waals surface area contributed by atoms with E-state index in [1.54, 1.807) is 0 Å². The van der Waals surface area contributed by atoms with Gasteiger partial charge in [-0.1, -0.05) is 0 Å². The average Bonchev–Trinajstić information content (AvgIpc) is 2.52. The highest BCUT2D eigenvalue weighted by atomic mass is 16.3. The van der Waals surface area contributed by atoms with Crippen LogP contribution in [0.2, 0.25) is 0 Å². The smallest absolute Gasteiger partial charge is 0.257 e. The largest absolute Gasteiger partial charge is 0.466 e. The second kappa shape index (κ2) is 4.43. The van der Waals surface area contributed by atoms with E-state index in [1.165, 1.54) is 0 Å². The molecular formula is C14H21NO3. The summed E-state index contributed by atoms with van der Waals surface area (Å²) in [6, 6.07) is 0. The molecule has 1 saturated heterocycles. The summed E-state index contributed by atoms with van der Waals surface area (Å²) < 4.78 is 5.50. The normalized spacial score (nSPS) is 19.1. The lowest BCUT2D eigenvalue weighted by molar-refractivity contribution is -0.00207. The molecule has 1 fully saturated rings. The van der Waals surface area contributed by atoms with E-state index in [4.69, 9.17) is 4.42 Å². The Bertz CT molecular complexity index is 464. The number of furan rings is 1. The predicted molar refractivity (Wildman–Crippen MR) is 68.7 cm³/mol. The average molecular weight is 251 g/mol. The summed E-state index contributed by atoms with van der Waals surface area (Å²) in [6.07, 6.45) is 1.27. The standard InChI is InChI=1S/C14H21NO3/c1-9-10(2)18-11(3)12(9)13(16)15-7-5-14(4,17)6-8-15/h17H,5-8H2,1-4H3. The van der Waals surface area contributed by atoms with Gasteiger partial charge in [-0.15, -0.1) is 0 Å². The van der Waals surface area contributed by atoms with Crippen LogP contribution in [0.3, 0.4) is 0 Å². The van der Waals surface area contributed by atoms with Crippen LogP contribution in [0.15, 0.2) is 4.42 Å². The Hall–Kier alpha value is -1.29. The Morgan fingerprint density at radius 2 is 1.78 bits per heavy atom. The fraction of sp³-hybridized carbons (Fsp3) is 0.643. The van der Waals surface area contributed by atoms with Crippen molar-refractivity contribution in [3.63, 3.8) is 0 Å². The van der Waals surface area contributed by atoms with Crippen molar-refractivity contribution in [1.29, 1.82) is 0 Å². The van der Waals surface area contributed by atoms with Crippen molar-refractivity contribution in [2.45, 2.75) is 46.1 Å². The van der Waals surface area contributed by atoms with Gasteiger partial charge >= 0.3 is 0 Å². The molecule has 0 radical (unpaired) electrons. The Morgan fingerprint density at radius 3 is 2.22 bits per heavy atom. The zero-order valence-electron chi connectivity index (χ0n) is 11.5. The first-order chi connectivity index (χ1) is 8.32. The number of hydrogen-bond acceptors (Lipinski definition) is 3. The Balaban J connectivity index is 2.18. The SMILES string of the molecule is Cc1oc(C)c(C(=O)N2CCC(C)(O)CC2)c1C. The third-order valence-electron chi connectivity index (χ3n) is 3.90. The van der Waals surface area contributed by atoms with Crippen molar-refractivity contribution in [2.75, 3.05) is 13.1 Å². The maximum Gasteiger partial charge on any atom is 0.257 e. The van der Waals surface area contributed by atoms with E-state index in [9.17, 15) is 9.90 Å². The highest BCUT2D eigenvalue weighted by Gasteiger charge is 2.31. The molecular weight excluding hydrogens is 230 g/mol. The number of hydrogen-bond donors (Lipinski definition) is 1. The van der Waals surface area contributed by atoms with Crippen LogP contribution in [0.4, 0.5) is 0 Å². The number of aryl methyl sites for hydroxylation is 2. The number of carbonyl (C=O) groups excluding carboxylic acids is 1. The van der Waals surface area contributed by atoms with Crippen molar-refractivity contribution < 1.29 is 14.3 Å². The minimum Gasteiger partial charge on any atom is -0.466 e. The van der Waals surface area contributed by atoms with Crippen LogP contribution < -0.4 is 0 Å². The van der Waals surface area contributed by atoms with Gasteiger partial charge in [0, 0.05) is 18.7 Å². The van der Waals surface area contributed by atoms with E-state index >= 15 is 0 Å². The van der Waals surface area contributed by atoms with Gasteiger partial charge in [0.2, 0.25) is 0 Å². The number of aliphatic hydroxyl groups is 1. The minimum absolute atomic E-state index is 0.0253. The molecule has 0 unspecified atom stereocenters. The van der Waals surface area contributed by atoms with Crippen LogP contribution in [0, 0.1) is 20.8 Å². The zero-order valence-corrected chi connectivity index (χ0v) is 11.5. The van der Waals surface area contributed by atoms with Crippen LogP contribution in [0.5, 0.6) is 0 Å². The molecule has 4 nitrogen and oxygen atoms in total. The molecule has 0 saturated carbocycles. The molecule has 1 N–H and O–H groups in total. The van der Waals surface area contributed by atoms with Crippen molar-refractivity contribution in [3.8, 4) is 0 Å². The predicted octanol–water partition coefficient (Wildman–Crippen LogP) is 2.19. The molecule has 100 valence electrons. The third kappa shape index (κ3) is 2.29. The number of rotatable bonds is 1. The molecule has 0 bridgehead atoms. The highest BCUT2D eigenvalue weighted by Crippen LogP contribution is 2.26. The van der Waals surface area contributed by atoms with E-state index in [1.807, 2.05) is 32.6 Å². The molecule has 1 aromatic heterocycles. The Morgan fingerprint density at radius 1 is 1.22 bits per heavy atom. The summed E-state index contributed by atoms with van der Waals surface area (Å²) in [4.78, 5) is 14.3. The Labute approximate surface area is 108 Å². The van der Waals surface area contributed by atoms with Crippen molar-refractivity contribution >= 4 is 5.91 Å². The molecule has 0 aromatic carbocycles. The second-order valence-corrected chi connectivity index (χ2v) is 5.50. The molecule has 0 atom stereocenters. The molecule has 18 heavy (non-hydrogen) atoms. The van der Waals surface area contributed by atoms with Crippen LogP contribution in [0.1, 0.15) is 47.2 Å². The van der Waals surface area contributed by atoms with Gasteiger partial charge in [-0.25, -0.2) is 0 Å². The van der Waals surface area contributed by atoms with Crippen molar-refractivity contribution in [1.82, 2.24) is 4.90 Å². The summed E-state index contributed by atoms with van der Waals surface area (Å²) in [5.74, 6) is 1.52. The van der Waals surface area contributed by atoms with Gasteiger partial charge in [0.1, 0.15) is 11.5 Å². The summed E-state index contributed by atoms with van der Waals surface area (Å²) in [6.45, 7) is 8.66. The summed E-state index contributed by atoms with van der Waals surface area (Å²) >= 11 is 0. The molecule has 1 aliphatic heterocycles. The van der Waals surface area contributed by atoms with E-state index in [0.717, 1.165) is 11.3 Å². The zero-order chi connectivity index (χ0) is 13.5. The van der Waals surface area contributed by atoms with Crippen LogP contribution in [-0.2, 0) is 0 Å². The molecule has 1 aliphatic rings. The Kier molecular flexibility index (Phi) is 3.23. The number of likely N-dealkylation sites (tertiary alicyclic amines) is 1. The lowest BCUT2D eigenvalue weighted by Gasteiger charge is -2.35. The van der Waals surface area contributed by atoms with Gasteiger partial charge in [0.25, 0.3) is 5.91 Å². The lowest BCUT2D eigenvalue weighted by atomic mass is 9.93. The molecule has 4 heteroatoms. The second-order valence-electron chi connectivity index (χ2n) is 5.50. The van der Waals surface area contributed by atoms with Gasteiger partial charge in [-0.3, -0.25) is 4.79 Å². The summed E-state index contributed by atoms with van der Waals surface area (Å²) in [7, 11) is 0. The van der Waals surface area contributed by atoms with E-state index in [0.29, 0.717) is 37.3 Å². The maximum absolute atomic E-state index is 12.5. The first kappa shape index (κ1) is 13.1. The quantitative estimate of drug-likeness (QED) is 0.832. The minimum atomic E-state index is -0.632. The van der Waals surface area contributed by atoms with Gasteiger partial charge in [-0.2, -0.15) is 0 Å². The topological polar surface area (TPSA) is 53.7 Å². The maximum atomic E-state index is 12.5. The number of carbonyl (C=O) groups is 1. The molecule has 0 spiro atoms. The van der Waals surface area contributed by atoms with E-state index < -0.39 is 5.60 Å². The van der Waals surface area contributed by atoms with Crippen molar-refractivity contribution in [3.05, 3.63) is 22.6 Å². The molecule has 1 aromatic rings. The fourth-order valence-electron chi connectivity index (χ4n) is 2.46. The van der Waals surface area contributed by atoms with E-state index in [-0.39, 0.29) is 5.91 Å². The molecule has 2 heterocycles. The third-order valence-corrected chi connectivity index (χ3v) is 3.90. The molecule has 1 amide bonds. The highest BCUT2D eigenvalue weighted by molar-refractivity contribution is 5.96. The number of nitrogens with zero attached hydrogens (tertiary/aromatic N) is 1. The fourth-order valence-corrected chi connectivity index (χ4v) is 2.46. The van der Waals surface area contributed by atoms with Gasteiger partial charge in [0.15, 0.2) is 0 Å². The van der Waals surface area contributed by atoms with Crippen molar-refractivity contribution in [2.24, 2.45) is 0 Å². The first-order valence-electron chi connectivity index (χ1n) is 6.40. The van der Waals surface area contributed by atoms with Gasteiger partial charge < -0.3 is 14.4 Å². The first-order valence-corrected chi connectivity index (χ1v) is 6.40. The van der Waals surface area contributed by atoms with Crippen LogP contribution >= 0.6 is 0 Å². The van der Waals surface area contributed by atoms with E-state index in [2.05, 4.69) is 0 Å². The van der Waals surface area contributed by atoms with Gasteiger partial charge in [-0.05, 0) is 40.5 Å².